The average Bonchev–Trinajstić information content (AvgIpc) is 3.09. The van der Waals surface area contributed by atoms with E-state index in [0.717, 1.165) is 27.8 Å². The van der Waals surface area contributed by atoms with Gasteiger partial charge in [-0.25, -0.2) is 0 Å². The minimum absolute atomic E-state index is 0.00358. The van der Waals surface area contributed by atoms with Crippen molar-refractivity contribution in [2.45, 2.75) is 27.2 Å². The van der Waals surface area contributed by atoms with Crippen LogP contribution in [0.2, 0.25) is 0 Å². The van der Waals surface area contributed by atoms with Crippen LogP contribution < -0.4 is 10.6 Å². The topological polar surface area (TPSA) is 97.6 Å². The number of hydrogen-bond donors (Lipinski definition) is 2. The fraction of sp³-hybridized carbons (Fsp3) is 0.261. The lowest BCUT2D eigenvalue weighted by atomic mass is 10.1. The fourth-order valence-electron chi connectivity index (χ4n) is 3.11. The molecule has 0 saturated heterocycles. The molecule has 2 N–H and O–H groups in total. The molecule has 7 heteroatoms. The molecule has 0 fully saturated rings. The van der Waals surface area contributed by atoms with Crippen molar-refractivity contribution in [3.63, 3.8) is 0 Å². The van der Waals surface area contributed by atoms with Crippen LogP contribution in [-0.2, 0) is 25.5 Å². The average molecular weight is 408 g/mol. The molecule has 3 rings (SSSR count). The molecule has 156 valence electrons. The van der Waals surface area contributed by atoms with Crippen LogP contribution in [0, 0.1) is 20.8 Å². The monoisotopic (exact) mass is 408 g/mol. The van der Waals surface area contributed by atoms with Crippen LogP contribution in [0.25, 0.3) is 11.0 Å². The molecule has 7 nitrogen and oxygen atoms in total. The number of hydrogen-bond acceptors (Lipinski definition) is 5. The SMILES string of the molecule is Cc1ccc2c(CC(=O)OCC(=O)NCC(=O)Nc3c(C)cccc3C)coc2c1. The summed E-state index contributed by atoms with van der Waals surface area (Å²) in [6.45, 7) is 5.08. The second-order valence-electron chi connectivity index (χ2n) is 7.19. The Morgan fingerprint density at radius 1 is 1.00 bits per heavy atom. The second-order valence-corrected chi connectivity index (χ2v) is 7.19. The molecule has 0 spiro atoms. The van der Waals surface area contributed by atoms with E-state index in [0.29, 0.717) is 11.1 Å². The Kier molecular flexibility index (Phi) is 6.51. The third-order valence-corrected chi connectivity index (χ3v) is 4.70. The first-order valence-corrected chi connectivity index (χ1v) is 9.58. The van der Waals surface area contributed by atoms with Crippen LogP contribution in [0.1, 0.15) is 22.3 Å². The highest BCUT2D eigenvalue weighted by Gasteiger charge is 2.14. The minimum Gasteiger partial charge on any atom is -0.464 e. The largest absolute Gasteiger partial charge is 0.464 e. The molecule has 3 aromatic rings. The van der Waals surface area contributed by atoms with E-state index in [-0.39, 0.29) is 18.9 Å². The number of esters is 1. The first-order valence-electron chi connectivity index (χ1n) is 9.58. The first-order chi connectivity index (χ1) is 14.3. The number of nitrogens with one attached hydrogen (secondary N) is 2. The van der Waals surface area contributed by atoms with Gasteiger partial charge in [0, 0.05) is 16.6 Å². The second kappa shape index (κ2) is 9.26. The van der Waals surface area contributed by atoms with Gasteiger partial charge in [-0.3, -0.25) is 14.4 Å². The van der Waals surface area contributed by atoms with E-state index in [2.05, 4.69) is 10.6 Å². The molecular weight excluding hydrogens is 384 g/mol. The van der Waals surface area contributed by atoms with E-state index in [4.69, 9.17) is 9.15 Å². The van der Waals surface area contributed by atoms with E-state index in [1.807, 2.05) is 57.2 Å². The third-order valence-electron chi connectivity index (χ3n) is 4.70. The van der Waals surface area contributed by atoms with Crippen molar-refractivity contribution in [2.75, 3.05) is 18.5 Å². The van der Waals surface area contributed by atoms with Crippen LogP contribution in [0.4, 0.5) is 5.69 Å². The summed E-state index contributed by atoms with van der Waals surface area (Å²) in [5.74, 6) is -1.45. The summed E-state index contributed by atoms with van der Waals surface area (Å²) in [4.78, 5) is 36.0. The highest BCUT2D eigenvalue weighted by atomic mass is 16.5. The summed E-state index contributed by atoms with van der Waals surface area (Å²) in [5.41, 5.74) is 5.06. The zero-order chi connectivity index (χ0) is 21.7. The van der Waals surface area contributed by atoms with Gasteiger partial charge in [-0.2, -0.15) is 0 Å². The standard InChI is InChI=1S/C23H24N2O5/c1-14-7-8-18-17(12-29-19(18)9-14)10-22(28)30-13-21(27)24-11-20(26)25-23-15(2)5-4-6-16(23)3/h4-9,12H,10-11,13H2,1-3H3,(H,24,27)(H,25,26). The molecule has 2 aromatic carbocycles. The Bertz CT molecular complexity index is 1080. The highest BCUT2D eigenvalue weighted by Crippen LogP contribution is 2.23. The number of anilines is 1. The number of benzene rings is 2. The van der Waals surface area contributed by atoms with Gasteiger partial charge in [-0.05, 0) is 43.5 Å². The molecule has 0 atom stereocenters. The molecular formula is C23H24N2O5. The van der Waals surface area contributed by atoms with Gasteiger partial charge >= 0.3 is 5.97 Å². The maximum atomic E-state index is 12.1. The van der Waals surface area contributed by atoms with Crippen LogP contribution in [0.3, 0.4) is 0 Å². The van der Waals surface area contributed by atoms with Crippen LogP contribution in [-0.4, -0.2) is 30.9 Å². The molecule has 0 aliphatic heterocycles. The molecule has 1 aromatic heterocycles. The summed E-state index contributed by atoms with van der Waals surface area (Å²) in [5, 5.41) is 6.06. The van der Waals surface area contributed by atoms with Crippen LogP contribution >= 0.6 is 0 Å². The number of carbonyl (C=O) groups is 3. The Morgan fingerprint density at radius 3 is 2.47 bits per heavy atom. The van der Waals surface area contributed by atoms with Crippen LogP contribution in [0.15, 0.2) is 47.1 Å². The van der Waals surface area contributed by atoms with Crippen molar-refractivity contribution in [3.8, 4) is 0 Å². The van der Waals surface area contributed by atoms with Crippen molar-refractivity contribution >= 4 is 34.4 Å². The van der Waals surface area contributed by atoms with Gasteiger partial charge < -0.3 is 19.8 Å². The Morgan fingerprint density at radius 2 is 1.73 bits per heavy atom. The number of carbonyl (C=O) groups excluding carboxylic acids is 3. The van der Waals surface area contributed by atoms with Crippen molar-refractivity contribution in [3.05, 3.63) is 64.9 Å². The summed E-state index contributed by atoms with van der Waals surface area (Å²) < 4.78 is 10.5. The summed E-state index contributed by atoms with van der Waals surface area (Å²) in [6.07, 6.45) is 1.51. The number of ether oxygens (including phenoxy) is 1. The smallest absolute Gasteiger partial charge is 0.310 e. The fourth-order valence-corrected chi connectivity index (χ4v) is 3.11. The number of amides is 2. The Balaban J connectivity index is 1.44. The van der Waals surface area contributed by atoms with Crippen molar-refractivity contribution in [2.24, 2.45) is 0 Å². The van der Waals surface area contributed by atoms with Crippen molar-refractivity contribution in [1.29, 1.82) is 0 Å². The third kappa shape index (κ3) is 5.26. The molecule has 0 bridgehead atoms. The molecule has 0 aliphatic rings. The van der Waals surface area contributed by atoms with E-state index < -0.39 is 18.5 Å². The first kappa shape index (κ1) is 21.1. The van der Waals surface area contributed by atoms with Crippen molar-refractivity contribution in [1.82, 2.24) is 5.32 Å². The Labute approximate surface area is 174 Å². The molecule has 0 radical (unpaired) electrons. The van der Waals surface area contributed by atoms with Gasteiger partial charge in [0.25, 0.3) is 5.91 Å². The number of rotatable bonds is 7. The predicted octanol–water partition coefficient (Wildman–Crippen LogP) is 3.20. The number of para-hydroxylation sites is 1. The predicted molar refractivity (Wildman–Crippen MR) is 113 cm³/mol. The van der Waals surface area contributed by atoms with E-state index >= 15 is 0 Å². The molecule has 0 aliphatic carbocycles. The Hall–Kier alpha value is -3.61. The van der Waals surface area contributed by atoms with Gasteiger partial charge in [0.05, 0.1) is 19.2 Å². The molecule has 1 heterocycles. The zero-order valence-electron chi connectivity index (χ0n) is 17.2. The van der Waals surface area contributed by atoms with Gasteiger partial charge in [0.1, 0.15) is 5.58 Å². The lowest BCUT2D eigenvalue weighted by Crippen LogP contribution is -2.35. The van der Waals surface area contributed by atoms with Crippen molar-refractivity contribution < 1.29 is 23.5 Å². The van der Waals surface area contributed by atoms with E-state index in [9.17, 15) is 14.4 Å². The number of aryl methyl sites for hydroxylation is 3. The summed E-state index contributed by atoms with van der Waals surface area (Å²) >= 11 is 0. The normalized spacial score (nSPS) is 10.6. The van der Waals surface area contributed by atoms with Gasteiger partial charge in [-0.15, -0.1) is 0 Å². The van der Waals surface area contributed by atoms with Crippen LogP contribution in [0.5, 0.6) is 0 Å². The maximum Gasteiger partial charge on any atom is 0.310 e. The van der Waals surface area contributed by atoms with E-state index in [1.165, 1.54) is 6.26 Å². The van der Waals surface area contributed by atoms with Gasteiger partial charge in [0.2, 0.25) is 5.91 Å². The maximum absolute atomic E-state index is 12.1. The number of fused-ring (bicyclic) bond motifs is 1. The van der Waals surface area contributed by atoms with Gasteiger partial charge in [-0.1, -0.05) is 30.3 Å². The lowest BCUT2D eigenvalue weighted by molar-refractivity contribution is -0.147. The van der Waals surface area contributed by atoms with E-state index in [1.54, 1.807) is 0 Å². The summed E-state index contributed by atoms with van der Waals surface area (Å²) in [7, 11) is 0. The lowest BCUT2D eigenvalue weighted by Gasteiger charge is -2.12. The minimum atomic E-state index is -0.548. The molecule has 0 saturated carbocycles. The molecule has 2 amide bonds. The van der Waals surface area contributed by atoms with Gasteiger partial charge in [0.15, 0.2) is 6.61 Å². The molecule has 0 unspecified atom stereocenters. The quantitative estimate of drug-likeness (QED) is 0.585. The highest BCUT2D eigenvalue weighted by molar-refractivity contribution is 5.96. The number of furan rings is 1. The molecule has 30 heavy (non-hydrogen) atoms. The summed E-state index contributed by atoms with van der Waals surface area (Å²) in [6, 6.07) is 11.4. The zero-order valence-corrected chi connectivity index (χ0v) is 17.2.